The molecule has 0 unspecified atom stereocenters. The van der Waals surface area contributed by atoms with E-state index in [1.807, 2.05) is 30.3 Å². The molecule has 0 aromatic heterocycles. The first kappa shape index (κ1) is 13.5. The number of carbonyl (C=O) groups excluding carboxylic acids is 1. The van der Waals surface area contributed by atoms with E-state index in [-0.39, 0.29) is 11.5 Å². The third-order valence-electron chi connectivity index (χ3n) is 4.20. The largest absolute Gasteiger partial charge is 0.478 e. The summed E-state index contributed by atoms with van der Waals surface area (Å²) in [5, 5.41) is 10.7. The van der Waals surface area contributed by atoms with Crippen LogP contribution in [0.2, 0.25) is 0 Å². The van der Waals surface area contributed by atoms with Crippen molar-refractivity contribution in [3.63, 3.8) is 0 Å². The monoisotopic (exact) mass is 303 g/mol. The Hall–Kier alpha value is -3.14. The van der Waals surface area contributed by atoms with E-state index in [9.17, 15) is 14.7 Å². The highest BCUT2D eigenvalue weighted by molar-refractivity contribution is 6.27. The van der Waals surface area contributed by atoms with Crippen molar-refractivity contribution in [1.29, 1.82) is 0 Å². The van der Waals surface area contributed by atoms with Crippen molar-refractivity contribution in [2.24, 2.45) is 0 Å². The molecule has 3 aromatic carbocycles. The second-order valence-electron chi connectivity index (χ2n) is 5.54. The van der Waals surface area contributed by atoms with E-state index in [1.54, 1.807) is 35.2 Å². The van der Waals surface area contributed by atoms with Crippen LogP contribution in [0.15, 0.2) is 60.7 Å². The van der Waals surface area contributed by atoms with E-state index in [1.165, 1.54) is 0 Å². The predicted octanol–water partition coefficient (Wildman–Crippen LogP) is 3.70. The number of aromatic carboxylic acids is 1. The highest BCUT2D eigenvalue weighted by Crippen LogP contribution is 2.39. The number of hydrogen-bond acceptors (Lipinski definition) is 2. The van der Waals surface area contributed by atoms with Crippen LogP contribution in [-0.2, 0) is 6.54 Å². The molecule has 0 aliphatic carbocycles. The molecular formula is C19H13NO3. The highest BCUT2D eigenvalue weighted by Gasteiger charge is 2.31. The normalized spacial score (nSPS) is 12.9. The lowest BCUT2D eigenvalue weighted by Crippen LogP contribution is -2.25. The molecule has 4 heteroatoms. The zero-order valence-electron chi connectivity index (χ0n) is 12.2. The molecule has 0 fully saturated rings. The second kappa shape index (κ2) is 4.95. The Labute approximate surface area is 132 Å². The van der Waals surface area contributed by atoms with Gasteiger partial charge in [-0.25, -0.2) is 4.79 Å². The molecule has 0 radical (unpaired) electrons. The van der Waals surface area contributed by atoms with Gasteiger partial charge >= 0.3 is 5.97 Å². The maximum atomic E-state index is 12.7. The topological polar surface area (TPSA) is 57.6 Å². The van der Waals surface area contributed by atoms with Crippen molar-refractivity contribution in [2.45, 2.75) is 6.54 Å². The van der Waals surface area contributed by atoms with Crippen LogP contribution >= 0.6 is 0 Å². The van der Waals surface area contributed by atoms with Gasteiger partial charge in [-0.05, 0) is 29.1 Å². The molecule has 1 heterocycles. The Balaban J connectivity index is 1.89. The summed E-state index contributed by atoms with van der Waals surface area (Å²) >= 11 is 0. The number of hydrogen-bond donors (Lipinski definition) is 1. The van der Waals surface area contributed by atoms with Crippen molar-refractivity contribution < 1.29 is 14.7 Å². The summed E-state index contributed by atoms with van der Waals surface area (Å²) in [5.41, 5.74) is 2.59. The molecule has 0 saturated carbocycles. The molecule has 1 N–H and O–H groups in total. The zero-order valence-corrected chi connectivity index (χ0v) is 12.2. The van der Waals surface area contributed by atoms with Crippen molar-refractivity contribution in [3.8, 4) is 0 Å². The highest BCUT2D eigenvalue weighted by atomic mass is 16.4. The molecule has 4 rings (SSSR count). The standard InChI is InChI=1S/C19H13NO3/c21-18-15-8-4-7-13-14(19(22)23)9-10-16(17(13)15)20(18)11-12-5-2-1-3-6-12/h1-10H,11H2,(H,22,23). The van der Waals surface area contributed by atoms with Gasteiger partial charge in [0.25, 0.3) is 5.91 Å². The van der Waals surface area contributed by atoms with E-state index in [4.69, 9.17) is 0 Å². The minimum absolute atomic E-state index is 0.0861. The third kappa shape index (κ3) is 1.99. The van der Waals surface area contributed by atoms with Gasteiger partial charge in [-0.1, -0.05) is 42.5 Å². The van der Waals surface area contributed by atoms with Crippen LogP contribution in [0, 0.1) is 0 Å². The molecule has 1 aliphatic heterocycles. The molecule has 4 nitrogen and oxygen atoms in total. The van der Waals surface area contributed by atoms with Gasteiger partial charge in [-0.2, -0.15) is 0 Å². The van der Waals surface area contributed by atoms with Gasteiger partial charge in [-0.3, -0.25) is 4.79 Å². The minimum Gasteiger partial charge on any atom is -0.478 e. The molecule has 23 heavy (non-hydrogen) atoms. The quantitative estimate of drug-likeness (QED) is 0.802. The average molecular weight is 303 g/mol. The summed E-state index contributed by atoms with van der Waals surface area (Å²) in [7, 11) is 0. The number of carboxylic acids is 1. The maximum absolute atomic E-state index is 12.7. The van der Waals surface area contributed by atoms with Crippen LogP contribution in [0.3, 0.4) is 0 Å². The molecular weight excluding hydrogens is 290 g/mol. The van der Waals surface area contributed by atoms with E-state index < -0.39 is 5.97 Å². The van der Waals surface area contributed by atoms with Crippen molar-refractivity contribution >= 4 is 28.3 Å². The molecule has 0 bridgehead atoms. The molecule has 112 valence electrons. The van der Waals surface area contributed by atoms with Crippen LogP contribution < -0.4 is 4.90 Å². The summed E-state index contributed by atoms with van der Waals surface area (Å²) in [6.45, 7) is 0.468. The second-order valence-corrected chi connectivity index (χ2v) is 5.54. The van der Waals surface area contributed by atoms with Gasteiger partial charge in [0.15, 0.2) is 0 Å². The lowest BCUT2D eigenvalue weighted by molar-refractivity contribution is 0.0699. The molecule has 0 spiro atoms. The SMILES string of the molecule is O=C(O)c1ccc2c3c(cccc13)C(=O)N2Cc1ccccc1. The molecule has 0 atom stereocenters. The van der Waals surface area contributed by atoms with Crippen molar-refractivity contribution in [1.82, 2.24) is 0 Å². The Morgan fingerprint density at radius 2 is 1.74 bits per heavy atom. The van der Waals surface area contributed by atoms with Crippen LogP contribution in [-0.4, -0.2) is 17.0 Å². The molecule has 3 aromatic rings. The summed E-state index contributed by atoms with van der Waals surface area (Å²) < 4.78 is 0. The number of anilines is 1. The van der Waals surface area contributed by atoms with Gasteiger partial charge < -0.3 is 10.0 Å². The number of carbonyl (C=O) groups is 2. The summed E-state index contributed by atoms with van der Waals surface area (Å²) in [5.74, 6) is -1.07. The third-order valence-corrected chi connectivity index (χ3v) is 4.20. The Bertz CT molecular complexity index is 947. The average Bonchev–Trinajstić information content (AvgIpc) is 2.84. The van der Waals surface area contributed by atoms with Gasteiger partial charge in [-0.15, -0.1) is 0 Å². The maximum Gasteiger partial charge on any atom is 0.336 e. The lowest BCUT2D eigenvalue weighted by atomic mass is 10.0. The number of benzene rings is 3. The summed E-state index contributed by atoms with van der Waals surface area (Å²) in [6, 6.07) is 18.3. The lowest BCUT2D eigenvalue weighted by Gasteiger charge is -2.18. The summed E-state index contributed by atoms with van der Waals surface area (Å²) in [4.78, 5) is 25.9. The first-order valence-corrected chi connectivity index (χ1v) is 7.31. The van der Waals surface area contributed by atoms with Crippen LogP contribution in [0.5, 0.6) is 0 Å². The van der Waals surface area contributed by atoms with Gasteiger partial charge in [0, 0.05) is 10.9 Å². The molecule has 1 aliphatic rings. The number of carboxylic acid groups (broad SMARTS) is 1. The number of amides is 1. The fourth-order valence-electron chi connectivity index (χ4n) is 3.16. The first-order valence-electron chi connectivity index (χ1n) is 7.31. The van der Waals surface area contributed by atoms with Gasteiger partial charge in [0.05, 0.1) is 17.8 Å². The van der Waals surface area contributed by atoms with Gasteiger partial charge in [0.1, 0.15) is 0 Å². The first-order chi connectivity index (χ1) is 11.2. The fourth-order valence-corrected chi connectivity index (χ4v) is 3.16. The Kier molecular flexibility index (Phi) is 2.91. The Morgan fingerprint density at radius 1 is 0.957 bits per heavy atom. The van der Waals surface area contributed by atoms with E-state index >= 15 is 0 Å². The van der Waals surface area contributed by atoms with E-state index in [0.29, 0.717) is 17.5 Å². The molecule has 1 amide bonds. The molecule has 0 saturated heterocycles. The smallest absolute Gasteiger partial charge is 0.336 e. The Morgan fingerprint density at radius 3 is 2.48 bits per heavy atom. The minimum atomic E-state index is -0.984. The van der Waals surface area contributed by atoms with E-state index in [2.05, 4.69) is 0 Å². The number of nitrogens with zero attached hydrogens (tertiary/aromatic N) is 1. The van der Waals surface area contributed by atoms with E-state index in [0.717, 1.165) is 16.6 Å². The van der Waals surface area contributed by atoms with Crippen molar-refractivity contribution in [3.05, 3.63) is 77.4 Å². The number of rotatable bonds is 3. The van der Waals surface area contributed by atoms with Crippen LogP contribution in [0.1, 0.15) is 26.3 Å². The zero-order chi connectivity index (χ0) is 16.0. The van der Waals surface area contributed by atoms with Gasteiger partial charge in [0.2, 0.25) is 0 Å². The van der Waals surface area contributed by atoms with Crippen LogP contribution in [0.4, 0.5) is 5.69 Å². The van der Waals surface area contributed by atoms with Crippen LogP contribution in [0.25, 0.3) is 10.8 Å². The predicted molar refractivity (Wildman–Crippen MR) is 87.9 cm³/mol. The van der Waals surface area contributed by atoms with Crippen molar-refractivity contribution in [2.75, 3.05) is 4.90 Å². The summed E-state index contributed by atoms with van der Waals surface area (Å²) in [6.07, 6.45) is 0. The fraction of sp³-hybridized carbons (Fsp3) is 0.0526.